The third-order valence-corrected chi connectivity index (χ3v) is 2.80. The highest BCUT2D eigenvalue weighted by atomic mass is 32.2. The molecule has 0 radical (unpaired) electrons. The smallest absolute Gasteiger partial charge is 0.401 e. The van der Waals surface area contributed by atoms with E-state index >= 15 is 0 Å². The highest BCUT2D eigenvalue weighted by Gasteiger charge is 2.23. The third-order valence-electron chi connectivity index (χ3n) is 1.52. The molecule has 0 aliphatic rings. The molecule has 0 unspecified atom stereocenters. The number of rotatable bonds is 3. The number of benzene rings is 1. The molecule has 0 heterocycles. The van der Waals surface area contributed by atoms with E-state index in [0.29, 0.717) is 0 Å². The molecule has 0 aliphatic heterocycles. The van der Waals surface area contributed by atoms with Gasteiger partial charge in [-0.05, 0) is 19.1 Å². The van der Waals surface area contributed by atoms with Crippen molar-refractivity contribution in [2.24, 2.45) is 0 Å². The van der Waals surface area contributed by atoms with Gasteiger partial charge in [-0.2, -0.15) is 8.42 Å². The average Bonchev–Trinajstić information content (AvgIpc) is 2.02. The van der Waals surface area contributed by atoms with Crippen LogP contribution < -0.4 is 0 Å². The van der Waals surface area contributed by atoms with Gasteiger partial charge in [-0.15, -0.1) is 0 Å². The molecule has 0 spiro atoms. The SMILES string of the molecule is Cc1ccc(S(=O)(=O)OB(O)O)cc1. The van der Waals surface area contributed by atoms with Crippen molar-refractivity contribution >= 4 is 17.4 Å². The van der Waals surface area contributed by atoms with Crippen molar-refractivity contribution < 1.29 is 22.6 Å². The second-order valence-electron chi connectivity index (χ2n) is 2.69. The Labute approximate surface area is 82.3 Å². The zero-order valence-electron chi connectivity index (χ0n) is 7.41. The molecule has 0 aliphatic carbocycles. The maximum absolute atomic E-state index is 11.2. The Kier molecular flexibility index (Phi) is 3.27. The molecule has 1 aromatic rings. The molecule has 1 rings (SSSR count). The second-order valence-corrected chi connectivity index (χ2v) is 4.26. The van der Waals surface area contributed by atoms with Crippen LogP contribution in [-0.2, 0) is 14.2 Å². The lowest BCUT2D eigenvalue weighted by Gasteiger charge is -2.04. The monoisotopic (exact) mass is 216 g/mol. The summed E-state index contributed by atoms with van der Waals surface area (Å²) in [5, 5.41) is 16.7. The van der Waals surface area contributed by atoms with E-state index in [2.05, 4.69) is 4.10 Å². The predicted molar refractivity (Wildman–Crippen MR) is 49.6 cm³/mol. The minimum atomic E-state index is -4.08. The van der Waals surface area contributed by atoms with Gasteiger partial charge in [0.05, 0.1) is 4.90 Å². The van der Waals surface area contributed by atoms with E-state index < -0.39 is 17.4 Å². The molecule has 0 saturated carbocycles. The molecule has 1 aromatic carbocycles. The molecule has 76 valence electrons. The molecule has 0 fully saturated rings. The van der Waals surface area contributed by atoms with E-state index in [1.807, 2.05) is 0 Å². The molecule has 0 aromatic heterocycles. The summed E-state index contributed by atoms with van der Waals surface area (Å²) in [6.07, 6.45) is 0. The quantitative estimate of drug-likeness (QED) is 0.675. The van der Waals surface area contributed by atoms with E-state index in [1.165, 1.54) is 12.1 Å². The van der Waals surface area contributed by atoms with Crippen LogP contribution in [0.1, 0.15) is 5.56 Å². The van der Waals surface area contributed by atoms with Gasteiger partial charge in [0.1, 0.15) is 0 Å². The maximum atomic E-state index is 11.2. The number of hydrogen-bond acceptors (Lipinski definition) is 5. The first-order valence-electron chi connectivity index (χ1n) is 3.78. The fraction of sp³-hybridized carbons (Fsp3) is 0.143. The van der Waals surface area contributed by atoms with Gasteiger partial charge >= 0.3 is 7.32 Å². The van der Waals surface area contributed by atoms with Crippen molar-refractivity contribution in [1.29, 1.82) is 0 Å². The van der Waals surface area contributed by atoms with Crippen molar-refractivity contribution in [2.75, 3.05) is 0 Å². The van der Waals surface area contributed by atoms with Crippen molar-refractivity contribution in [3.05, 3.63) is 29.8 Å². The van der Waals surface area contributed by atoms with Crippen LogP contribution >= 0.6 is 0 Å². The zero-order chi connectivity index (χ0) is 10.8. The average molecular weight is 216 g/mol. The summed E-state index contributed by atoms with van der Waals surface area (Å²) in [7, 11) is -6.41. The molecule has 0 atom stereocenters. The van der Waals surface area contributed by atoms with Crippen LogP contribution in [0.25, 0.3) is 0 Å². The summed E-state index contributed by atoms with van der Waals surface area (Å²) in [6, 6.07) is 5.82. The lowest BCUT2D eigenvalue weighted by Crippen LogP contribution is -2.22. The Balaban J connectivity index is 2.99. The first kappa shape index (κ1) is 11.2. The number of aryl methyl sites for hydroxylation is 1. The topological polar surface area (TPSA) is 83.8 Å². The van der Waals surface area contributed by atoms with Gasteiger partial charge in [0, 0.05) is 0 Å². The maximum Gasteiger partial charge on any atom is 0.649 e. The second kappa shape index (κ2) is 4.10. The molecular weight excluding hydrogens is 207 g/mol. The molecule has 0 amide bonds. The number of hydrogen-bond donors (Lipinski definition) is 2. The van der Waals surface area contributed by atoms with E-state index in [1.54, 1.807) is 19.1 Å². The molecule has 5 nitrogen and oxygen atoms in total. The Morgan fingerprint density at radius 2 is 1.71 bits per heavy atom. The molecule has 0 bridgehead atoms. The van der Waals surface area contributed by atoms with Crippen LogP contribution in [0.2, 0.25) is 0 Å². The van der Waals surface area contributed by atoms with Crippen molar-refractivity contribution in [3.8, 4) is 0 Å². The standard InChI is InChI=1S/C7H9BO5S/c1-6-2-4-7(5-3-6)14(11,12)13-8(9)10/h2-5,9-10H,1H3. The van der Waals surface area contributed by atoms with Gasteiger partial charge < -0.3 is 10.0 Å². The van der Waals surface area contributed by atoms with Gasteiger partial charge in [-0.3, -0.25) is 4.10 Å². The van der Waals surface area contributed by atoms with Crippen LogP contribution in [0.4, 0.5) is 0 Å². The molecule has 14 heavy (non-hydrogen) atoms. The summed E-state index contributed by atoms with van der Waals surface area (Å²) in [5.74, 6) is 0. The van der Waals surface area contributed by atoms with Crippen LogP contribution in [0.5, 0.6) is 0 Å². The fourth-order valence-electron chi connectivity index (χ4n) is 0.874. The van der Waals surface area contributed by atoms with Gasteiger partial charge in [-0.1, -0.05) is 17.7 Å². The van der Waals surface area contributed by atoms with E-state index in [-0.39, 0.29) is 4.90 Å². The van der Waals surface area contributed by atoms with E-state index in [0.717, 1.165) is 5.56 Å². The summed E-state index contributed by atoms with van der Waals surface area (Å²) in [4.78, 5) is -0.115. The van der Waals surface area contributed by atoms with Gasteiger partial charge in [0.15, 0.2) is 0 Å². The Bertz CT molecular complexity index is 397. The van der Waals surface area contributed by atoms with Crippen LogP contribution in [0, 0.1) is 6.92 Å². The highest BCUT2D eigenvalue weighted by molar-refractivity contribution is 7.87. The van der Waals surface area contributed by atoms with Crippen molar-refractivity contribution in [1.82, 2.24) is 0 Å². The molecule has 0 saturated heterocycles. The van der Waals surface area contributed by atoms with Gasteiger partial charge in [0.25, 0.3) is 10.1 Å². The third kappa shape index (κ3) is 2.81. The summed E-state index contributed by atoms with van der Waals surface area (Å²) in [6.45, 7) is 1.80. The first-order chi connectivity index (χ1) is 6.42. The molecule has 2 N–H and O–H groups in total. The zero-order valence-corrected chi connectivity index (χ0v) is 8.23. The fourth-order valence-corrected chi connectivity index (χ4v) is 1.68. The van der Waals surface area contributed by atoms with E-state index in [4.69, 9.17) is 10.0 Å². The van der Waals surface area contributed by atoms with Crippen LogP contribution in [0.3, 0.4) is 0 Å². The predicted octanol–water partition coefficient (Wildman–Crippen LogP) is -0.330. The minimum absolute atomic E-state index is 0.115. The summed E-state index contributed by atoms with van der Waals surface area (Å²) >= 11 is 0. The normalized spacial score (nSPS) is 11.4. The van der Waals surface area contributed by atoms with Crippen LogP contribution in [-0.4, -0.2) is 25.8 Å². The molecule has 7 heteroatoms. The lowest BCUT2D eigenvalue weighted by molar-refractivity contribution is 0.290. The Morgan fingerprint density at radius 1 is 1.21 bits per heavy atom. The van der Waals surface area contributed by atoms with Crippen molar-refractivity contribution in [2.45, 2.75) is 11.8 Å². The largest absolute Gasteiger partial charge is 0.649 e. The van der Waals surface area contributed by atoms with Gasteiger partial charge in [-0.25, -0.2) is 0 Å². The Morgan fingerprint density at radius 3 is 2.14 bits per heavy atom. The first-order valence-corrected chi connectivity index (χ1v) is 5.19. The Hall–Kier alpha value is -0.885. The highest BCUT2D eigenvalue weighted by Crippen LogP contribution is 2.12. The van der Waals surface area contributed by atoms with Crippen LogP contribution in [0.15, 0.2) is 29.2 Å². The minimum Gasteiger partial charge on any atom is -0.401 e. The van der Waals surface area contributed by atoms with Gasteiger partial charge in [0.2, 0.25) is 0 Å². The molecular formula is C7H9BO5S. The lowest BCUT2D eigenvalue weighted by atomic mass is 10.2. The van der Waals surface area contributed by atoms with E-state index in [9.17, 15) is 8.42 Å². The summed E-state index contributed by atoms with van der Waals surface area (Å²) in [5.41, 5.74) is 0.897. The van der Waals surface area contributed by atoms with Crippen molar-refractivity contribution in [3.63, 3.8) is 0 Å². The summed E-state index contributed by atoms with van der Waals surface area (Å²) < 4.78 is 26.4.